The van der Waals surface area contributed by atoms with Crippen molar-refractivity contribution in [1.29, 1.82) is 0 Å². The van der Waals surface area contributed by atoms with Crippen molar-refractivity contribution in [2.45, 2.75) is 44.2 Å². The Morgan fingerprint density at radius 3 is 2.79 bits per heavy atom. The van der Waals surface area contributed by atoms with Crippen LogP contribution in [0.15, 0.2) is 46.1 Å². The minimum absolute atomic E-state index is 0.0612. The number of pyridine rings is 1. The summed E-state index contributed by atoms with van der Waals surface area (Å²) in [5, 5.41) is 0.868. The molecule has 2 aromatic heterocycles. The third kappa shape index (κ3) is 4.19. The van der Waals surface area contributed by atoms with E-state index in [9.17, 15) is 13.2 Å². The number of aromatic amines is 1. The Balaban J connectivity index is 1.58. The average molecular weight is 485 g/mol. The van der Waals surface area contributed by atoms with Crippen LogP contribution in [0.4, 0.5) is 0 Å². The number of hydrogen-bond acceptors (Lipinski definition) is 7. The minimum Gasteiger partial charge on any atom is -0.377 e. The average Bonchev–Trinajstić information content (AvgIpc) is 3.46. The molecule has 3 heterocycles. The number of ether oxygens (including phenoxy) is 1. The molecule has 33 heavy (non-hydrogen) atoms. The van der Waals surface area contributed by atoms with Gasteiger partial charge in [0, 0.05) is 30.8 Å². The summed E-state index contributed by atoms with van der Waals surface area (Å²) in [6.07, 6.45) is 1.46. The second-order valence-corrected chi connectivity index (χ2v) is 10.9. The molecule has 4 aromatic rings. The second kappa shape index (κ2) is 8.60. The zero-order valence-electron chi connectivity index (χ0n) is 18.4. The van der Waals surface area contributed by atoms with Gasteiger partial charge >= 0.3 is 0 Å². The molecule has 0 aliphatic carbocycles. The molecule has 1 aliphatic heterocycles. The van der Waals surface area contributed by atoms with Crippen LogP contribution in [0, 0.1) is 13.8 Å². The fraction of sp³-hybridized carbons (Fsp3) is 0.348. The van der Waals surface area contributed by atoms with Crippen LogP contribution in [0.5, 0.6) is 0 Å². The van der Waals surface area contributed by atoms with Crippen molar-refractivity contribution in [2.75, 3.05) is 13.2 Å². The molecule has 2 aromatic carbocycles. The van der Waals surface area contributed by atoms with Crippen molar-refractivity contribution in [3.05, 3.63) is 63.4 Å². The van der Waals surface area contributed by atoms with Gasteiger partial charge in [-0.1, -0.05) is 6.07 Å². The molecule has 5 rings (SSSR count). The van der Waals surface area contributed by atoms with Crippen LogP contribution in [0.3, 0.4) is 0 Å². The van der Waals surface area contributed by atoms with E-state index >= 15 is 0 Å². The number of nitrogens with zero attached hydrogens (tertiary/aromatic N) is 3. The maximum atomic E-state index is 13.8. The van der Waals surface area contributed by atoms with Crippen molar-refractivity contribution in [3.63, 3.8) is 0 Å². The summed E-state index contributed by atoms with van der Waals surface area (Å²) in [6.45, 7) is 4.72. The molecule has 1 N–H and O–H groups in total. The Kier molecular flexibility index (Phi) is 5.77. The highest BCUT2D eigenvalue weighted by atomic mass is 32.2. The van der Waals surface area contributed by atoms with E-state index in [2.05, 4.69) is 13.7 Å². The van der Waals surface area contributed by atoms with Crippen LogP contribution in [-0.4, -0.2) is 45.7 Å². The lowest BCUT2D eigenvalue weighted by Crippen LogP contribution is -2.38. The largest absolute Gasteiger partial charge is 0.377 e. The lowest BCUT2D eigenvalue weighted by molar-refractivity contribution is 0.0925. The van der Waals surface area contributed by atoms with Crippen molar-refractivity contribution in [3.8, 4) is 0 Å². The Morgan fingerprint density at radius 2 is 2.00 bits per heavy atom. The lowest BCUT2D eigenvalue weighted by atomic mass is 10.0. The summed E-state index contributed by atoms with van der Waals surface area (Å²) in [5.74, 6) is 0. The van der Waals surface area contributed by atoms with Crippen molar-refractivity contribution < 1.29 is 13.2 Å². The van der Waals surface area contributed by atoms with E-state index in [4.69, 9.17) is 4.74 Å². The maximum absolute atomic E-state index is 13.8. The molecule has 1 atom stereocenters. The van der Waals surface area contributed by atoms with Gasteiger partial charge in [0.2, 0.25) is 10.0 Å². The number of rotatable bonds is 6. The third-order valence-electron chi connectivity index (χ3n) is 6.18. The number of aryl methyl sites for hydroxylation is 2. The van der Waals surface area contributed by atoms with Crippen LogP contribution in [0.25, 0.3) is 21.9 Å². The second-order valence-electron chi connectivity index (χ2n) is 8.47. The van der Waals surface area contributed by atoms with E-state index in [0.29, 0.717) is 23.2 Å². The highest BCUT2D eigenvalue weighted by Crippen LogP contribution is 2.27. The molecule has 0 radical (unpaired) electrons. The monoisotopic (exact) mass is 484 g/mol. The first-order valence-corrected chi connectivity index (χ1v) is 13.0. The highest BCUT2D eigenvalue weighted by Gasteiger charge is 2.32. The Morgan fingerprint density at radius 1 is 1.18 bits per heavy atom. The smallest absolute Gasteiger partial charge is 0.252 e. The summed E-state index contributed by atoms with van der Waals surface area (Å²) >= 11 is 0.975. The zero-order valence-corrected chi connectivity index (χ0v) is 20.0. The highest BCUT2D eigenvalue weighted by molar-refractivity contribution is 7.89. The molecular weight excluding hydrogens is 460 g/mol. The summed E-state index contributed by atoms with van der Waals surface area (Å²) in [6, 6.07) is 10.7. The number of sulfonamides is 1. The van der Waals surface area contributed by atoms with Gasteiger partial charge in [-0.2, -0.15) is 13.1 Å². The number of aromatic nitrogens is 3. The predicted octanol–water partition coefficient (Wildman–Crippen LogP) is 3.52. The molecule has 0 spiro atoms. The Hall–Kier alpha value is -2.66. The van der Waals surface area contributed by atoms with Crippen LogP contribution in [0.1, 0.15) is 29.5 Å². The van der Waals surface area contributed by atoms with Gasteiger partial charge in [0.25, 0.3) is 5.56 Å². The van der Waals surface area contributed by atoms with Gasteiger partial charge in [0.05, 0.1) is 17.8 Å². The van der Waals surface area contributed by atoms with Crippen molar-refractivity contribution in [1.82, 2.24) is 18.0 Å². The first-order chi connectivity index (χ1) is 15.8. The summed E-state index contributed by atoms with van der Waals surface area (Å²) in [5.41, 5.74) is 3.89. The van der Waals surface area contributed by atoms with Gasteiger partial charge in [0.1, 0.15) is 15.9 Å². The zero-order chi connectivity index (χ0) is 23.2. The minimum atomic E-state index is -3.96. The Bertz CT molecular complexity index is 1500. The maximum Gasteiger partial charge on any atom is 0.252 e. The molecule has 1 unspecified atom stereocenters. The topological polar surface area (TPSA) is 105 Å². The molecule has 1 fully saturated rings. The van der Waals surface area contributed by atoms with E-state index in [1.54, 1.807) is 24.3 Å². The Labute approximate surface area is 195 Å². The van der Waals surface area contributed by atoms with Crippen LogP contribution in [0.2, 0.25) is 0 Å². The van der Waals surface area contributed by atoms with Crippen LogP contribution < -0.4 is 5.56 Å². The van der Waals surface area contributed by atoms with E-state index in [1.807, 2.05) is 26.0 Å². The normalized spacial score (nSPS) is 16.9. The molecule has 8 nitrogen and oxygen atoms in total. The lowest BCUT2D eigenvalue weighted by Gasteiger charge is -2.25. The number of benzene rings is 2. The molecule has 10 heteroatoms. The molecule has 0 bridgehead atoms. The summed E-state index contributed by atoms with van der Waals surface area (Å²) in [7, 11) is -3.96. The molecule has 0 amide bonds. The quantitative estimate of drug-likeness (QED) is 0.449. The first-order valence-electron chi connectivity index (χ1n) is 10.8. The number of H-pyrrole nitrogens is 1. The van der Waals surface area contributed by atoms with Crippen LogP contribution >= 0.6 is 11.7 Å². The van der Waals surface area contributed by atoms with E-state index < -0.39 is 10.0 Å². The van der Waals surface area contributed by atoms with E-state index in [0.717, 1.165) is 46.6 Å². The summed E-state index contributed by atoms with van der Waals surface area (Å²) < 4.78 is 43.1. The SMILES string of the molecule is Cc1cc2cc(CN(CC3CCCO3)S(=O)(=O)c3cccc4nsnc34)c(=O)[nH]c2cc1C. The fourth-order valence-electron chi connectivity index (χ4n) is 4.22. The van der Waals surface area contributed by atoms with Gasteiger partial charge < -0.3 is 9.72 Å². The van der Waals surface area contributed by atoms with Crippen molar-refractivity contribution >= 4 is 43.7 Å². The third-order valence-corrected chi connectivity index (χ3v) is 8.57. The molecule has 0 saturated carbocycles. The fourth-order valence-corrected chi connectivity index (χ4v) is 6.42. The van der Waals surface area contributed by atoms with E-state index in [1.165, 1.54) is 4.31 Å². The van der Waals surface area contributed by atoms with Gasteiger partial charge in [0.15, 0.2) is 0 Å². The number of nitrogens with one attached hydrogen (secondary N) is 1. The number of fused-ring (bicyclic) bond motifs is 2. The predicted molar refractivity (Wildman–Crippen MR) is 128 cm³/mol. The first kappa shape index (κ1) is 22.1. The van der Waals surface area contributed by atoms with Crippen LogP contribution in [-0.2, 0) is 21.3 Å². The van der Waals surface area contributed by atoms with E-state index in [-0.39, 0.29) is 29.6 Å². The number of hydrogen-bond donors (Lipinski definition) is 1. The van der Waals surface area contributed by atoms with Gasteiger partial charge in [-0.3, -0.25) is 4.79 Å². The molecule has 1 aliphatic rings. The molecular formula is C23H24N4O4S2. The van der Waals surface area contributed by atoms with Gasteiger partial charge in [-0.15, -0.1) is 0 Å². The summed E-state index contributed by atoms with van der Waals surface area (Å²) in [4.78, 5) is 15.9. The van der Waals surface area contributed by atoms with Gasteiger partial charge in [-0.25, -0.2) is 8.42 Å². The molecule has 1 saturated heterocycles. The van der Waals surface area contributed by atoms with Gasteiger partial charge in [-0.05, 0) is 73.5 Å². The standard InChI is InChI=1S/C23H24N4O4S2/c1-14-9-16-11-17(23(28)24-20(16)10-15(14)2)12-27(13-18-5-4-8-31-18)33(29,30)21-7-3-6-19-22(21)26-32-25-19/h3,6-7,9-11,18H,4-5,8,12-13H2,1-2H3,(H,24,28). The van der Waals surface area contributed by atoms with Crippen molar-refractivity contribution in [2.24, 2.45) is 0 Å². The molecule has 172 valence electrons.